The maximum absolute atomic E-state index is 13.1. The number of nitrogens with one attached hydrogen (secondary N) is 2. The maximum Gasteiger partial charge on any atom is 0.337 e. The predicted molar refractivity (Wildman–Crippen MR) is 140 cm³/mol. The number of ether oxygens (including phenoxy) is 1. The van der Waals surface area contributed by atoms with E-state index in [9.17, 15) is 19.2 Å². The van der Waals surface area contributed by atoms with E-state index in [0.29, 0.717) is 33.9 Å². The van der Waals surface area contributed by atoms with Crippen molar-refractivity contribution in [2.24, 2.45) is 4.99 Å². The van der Waals surface area contributed by atoms with Crippen LogP contribution in [-0.2, 0) is 19.1 Å². The molecule has 0 saturated heterocycles. The van der Waals surface area contributed by atoms with Gasteiger partial charge in [0.05, 0.1) is 30.6 Å². The number of likely N-dealkylation sites (N-methyl/N-ethyl adjacent to an activating group) is 1. The van der Waals surface area contributed by atoms with Gasteiger partial charge < -0.3 is 20.3 Å². The highest BCUT2D eigenvalue weighted by atomic mass is 16.5. The Morgan fingerprint density at radius 1 is 1.00 bits per heavy atom. The Balaban J connectivity index is 1.68. The van der Waals surface area contributed by atoms with Crippen molar-refractivity contribution in [1.82, 2.24) is 5.32 Å². The van der Waals surface area contributed by atoms with Crippen LogP contribution in [0.4, 0.5) is 17.1 Å². The molecule has 188 valence electrons. The molecule has 2 N–H and O–H groups in total. The smallest absolute Gasteiger partial charge is 0.337 e. The van der Waals surface area contributed by atoms with Crippen molar-refractivity contribution in [3.05, 3.63) is 89.5 Å². The van der Waals surface area contributed by atoms with Crippen LogP contribution in [-0.4, -0.2) is 50.1 Å². The summed E-state index contributed by atoms with van der Waals surface area (Å²) >= 11 is 0. The lowest BCUT2D eigenvalue weighted by Crippen LogP contribution is -2.37. The van der Waals surface area contributed by atoms with Gasteiger partial charge in [-0.2, -0.15) is 0 Å². The molecule has 0 aliphatic carbocycles. The van der Waals surface area contributed by atoms with E-state index in [0.717, 1.165) is 5.56 Å². The van der Waals surface area contributed by atoms with Crippen LogP contribution in [0.3, 0.4) is 0 Å². The molecule has 37 heavy (non-hydrogen) atoms. The molecular formula is C28H26N4O5. The Hall–Kier alpha value is -4.79. The van der Waals surface area contributed by atoms with Gasteiger partial charge >= 0.3 is 5.97 Å². The number of amides is 3. The van der Waals surface area contributed by atoms with Gasteiger partial charge in [-0.15, -0.1) is 0 Å². The second-order valence-electron chi connectivity index (χ2n) is 8.46. The van der Waals surface area contributed by atoms with Gasteiger partial charge in [-0.05, 0) is 47.5 Å². The first-order chi connectivity index (χ1) is 17.8. The first-order valence-electron chi connectivity index (χ1n) is 11.6. The lowest BCUT2D eigenvalue weighted by Gasteiger charge is -2.18. The van der Waals surface area contributed by atoms with Crippen LogP contribution in [0.1, 0.15) is 34.3 Å². The van der Waals surface area contributed by atoms with Gasteiger partial charge in [0.2, 0.25) is 17.7 Å². The summed E-state index contributed by atoms with van der Waals surface area (Å²) < 4.78 is 4.79. The Morgan fingerprint density at radius 2 is 1.70 bits per heavy atom. The van der Waals surface area contributed by atoms with Crippen molar-refractivity contribution < 1.29 is 23.9 Å². The molecule has 1 atom stereocenters. The Labute approximate surface area is 214 Å². The molecule has 4 rings (SSSR count). The predicted octanol–water partition coefficient (Wildman–Crippen LogP) is 3.43. The van der Waals surface area contributed by atoms with Crippen LogP contribution in [0.15, 0.2) is 77.8 Å². The van der Waals surface area contributed by atoms with Crippen molar-refractivity contribution >= 4 is 46.5 Å². The highest BCUT2D eigenvalue weighted by molar-refractivity contribution is 6.24. The average molecular weight is 499 g/mol. The number of hydrogen-bond acceptors (Lipinski definition) is 6. The number of nitrogens with zero attached hydrogens (tertiary/aromatic N) is 2. The summed E-state index contributed by atoms with van der Waals surface area (Å²) in [4.78, 5) is 54.8. The molecule has 0 spiro atoms. The van der Waals surface area contributed by atoms with Crippen LogP contribution in [0.5, 0.6) is 0 Å². The van der Waals surface area contributed by atoms with Gasteiger partial charge in [-0.3, -0.25) is 19.4 Å². The number of fused-ring (bicyclic) bond motifs is 1. The zero-order valence-corrected chi connectivity index (χ0v) is 20.6. The maximum atomic E-state index is 13.1. The summed E-state index contributed by atoms with van der Waals surface area (Å²) in [6, 6.07) is 21.4. The summed E-state index contributed by atoms with van der Waals surface area (Å²) in [6.45, 7) is 1.25. The van der Waals surface area contributed by atoms with Crippen molar-refractivity contribution in [3.63, 3.8) is 0 Å². The number of rotatable bonds is 7. The molecular weight excluding hydrogens is 472 g/mol. The summed E-state index contributed by atoms with van der Waals surface area (Å²) in [5, 5.41) is 5.35. The van der Waals surface area contributed by atoms with E-state index in [4.69, 9.17) is 9.73 Å². The van der Waals surface area contributed by atoms with E-state index < -0.39 is 11.9 Å². The highest BCUT2D eigenvalue weighted by Crippen LogP contribution is 2.37. The summed E-state index contributed by atoms with van der Waals surface area (Å²) in [6.07, 6.45) is 0. The van der Waals surface area contributed by atoms with Gasteiger partial charge in [0.25, 0.3) is 0 Å². The second kappa shape index (κ2) is 10.9. The molecule has 0 bridgehead atoms. The van der Waals surface area contributed by atoms with Crippen LogP contribution < -0.4 is 15.5 Å². The largest absolute Gasteiger partial charge is 0.465 e. The molecule has 0 radical (unpaired) electrons. The molecule has 1 aliphatic rings. The Kier molecular flexibility index (Phi) is 7.43. The molecule has 9 heteroatoms. The van der Waals surface area contributed by atoms with Crippen LogP contribution in [0.25, 0.3) is 0 Å². The van der Waals surface area contributed by atoms with Crippen LogP contribution in [0, 0.1) is 0 Å². The fraction of sp³-hybridized carbons (Fsp3) is 0.179. The van der Waals surface area contributed by atoms with E-state index in [1.54, 1.807) is 49.5 Å². The third-order valence-corrected chi connectivity index (χ3v) is 6.00. The van der Waals surface area contributed by atoms with Gasteiger partial charge in [0, 0.05) is 25.3 Å². The number of methoxy groups -OCH3 is 1. The van der Waals surface area contributed by atoms with E-state index in [2.05, 4.69) is 10.6 Å². The molecule has 0 saturated carbocycles. The first kappa shape index (κ1) is 25.3. The fourth-order valence-corrected chi connectivity index (χ4v) is 4.04. The number of esters is 1. The molecule has 9 nitrogen and oxygen atoms in total. The van der Waals surface area contributed by atoms with Crippen LogP contribution in [0.2, 0.25) is 0 Å². The summed E-state index contributed by atoms with van der Waals surface area (Å²) in [5.41, 5.74) is 4.14. The Morgan fingerprint density at radius 3 is 2.35 bits per heavy atom. The van der Waals surface area contributed by atoms with Crippen LogP contribution >= 0.6 is 0 Å². The minimum Gasteiger partial charge on any atom is -0.465 e. The number of aliphatic imine (C=N–C) groups is 1. The minimum absolute atomic E-state index is 0.0994. The molecule has 3 amide bonds. The second-order valence-corrected chi connectivity index (χ2v) is 8.46. The fourth-order valence-electron chi connectivity index (χ4n) is 4.04. The normalized spacial score (nSPS) is 14.4. The molecule has 3 aromatic rings. The Bertz CT molecular complexity index is 1380. The van der Waals surface area contributed by atoms with Crippen molar-refractivity contribution in [2.45, 2.75) is 12.8 Å². The molecule has 1 aliphatic heterocycles. The third kappa shape index (κ3) is 5.56. The number of anilines is 2. The van der Waals surface area contributed by atoms with E-state index in [1.165, 1.54) is 18.9 Å². The molecule has 3 aromatic carbocycles. The SMILES string of the molecule is COC(=O)c1ccc2c(c1)NC(=O)C2C(=Nc1ccc(N(C)C(=O)CNC(C)=O)cc1)c1ccccc1. The van der Waals surface area contributed by atoms with Gasteiger partial charge in [0.15, 0.2) is 0 Å². The zero-order valence-electron chi connectivity index (χ0n) is 20.6. The van der Waals surface area contributed by atoms with Crippen molar-refractivity contribution in [3.8, 4) is 0 Å². The highest BCUT2D eigenvalue weighted by Gasteiger charge is 2.36. The first-order valence-corrected chi connectivity index (χ1v) is 11.6. The third-order valence-electron chi connectivity index (χ3n) is 6.00. The van der Waals surface area contributed by atoms with Gasteiger partial charge in [0.1, 0.15) is 5.92 Å². The van der Waals surface area contributed by atoms with Crippen molar-refractivity contribution in [1.29, 1.82) is 0 Å². The van der Waals surface area contributed by atoms with E-state index in [1.807, 2.05) is 30.3 Å². The molecule has 1 heterocycles. The summed E-state index contributed by atoms with van der Waals surface area (Å²) in [7, 11) is 2.93. The quantitative estimate of drug-likeness (QED) is 0.382. The summed E-state index contributed by atoms with van der Waals surface area (Å²) in [5.74, 6) is -1.97. The molecule has 0 fully saturated rings. The zero-order chi connectivity index (χ0) is 26.5. The molecule has 1 unspecified atom stereocenters. The lowest BCUT2D eigenvalue weighted by atomic mass is 9.90. The number of hydrogen-bond donors (Lipinski definition) is 2. The standard InChI is InChI=1S/C28H26N4O5/c1-17(33)29-16-24(34)32(2)21-12-10-20(11-13-21)30-26(18-7-5-4-6-8-18)25-22-14-9-19(28(36)37-3)15-23(22)31-27(25)35/h4-15,25H,16H2,1-3H3,(H,29,33)(H,31,35). The number of benzene rings is 3. The van der Waals surface area contributed by atoms with Gasteiger partial charge in [-0.25, -0.2) is 4.79 Å². The van der Waals surface area contributed by atoms with Gasteiger partial charge in [-0.1, -0.05) is 36.4 Å². The van der Waals surface area contributed by atoms with Crippen molar-refractivity contribution in [2.75, 3.05) is 30.9 Å². The van der Waals surface area contributed by atoms with E-state index >= 15 is 0 Å². The average Bonchev–Trinajstić information content (AvgIpc) is 3.24. The minimum atomic E-state index is -0.689. The number of carbonyl (C=O) groups excluding carboxylic acids is 4. The number of carbonyl (C=O) groups is 4. The monoisotopic (exact) mass is 498 g/mol. The van der Waals surface area contributed by atoms with E-state index in [-0.39, 0.29) is 24.3 Å². The topological polar surface area (TPSA) is 117 Å². The lowest BCUT2D eigenvalue weighted by molar-refractivity contribution is -0.123. The molecule has 0 aromatic heterocycles.